The number of hydrogen-bond donors (Lipinski definition) is 3. The summed E-state index contributed by atoms with van der Waals surface area (Å²) in [6, 6.07) is 1.44. The van der Waals surface area contributed by atoms with Gasteiger partial charge in [0, 0.05) is 29.7 Å². The van der Waals surface area contributed by atoms with Crippen molar-refractivity contribution in [2.75, 3.05) is 0 Å². The quantitative estimate of drug-likeness (QED) is 0.483. The molecule has 6 atom stereocenters. The largest absolute Gasteiger partial charge is 0.508 e. The third-order valence-corrected chi connectivity index (χ3v) is 8.82. The van der Waals surface area contributed by atoms with Crippen molar-refractivity contribution in [3.63, 3.8) is 0 Å². The lowest BCUT2D eigenvalue weighted by Crippen LogP contribution is -2.69. The molecule has 1 heterocycles. The van der Waals surface area contributed by atoms with Gasteiger partial charge in [-0.15, -0.1) is 0 Å². The number of fused-ring (bicyclic) bond motifs is 3. The van der Waals surface area contributed by atoms with E-state index in [9.17, 15) is 24.9 Å². The van der Waals surface area contributed by atoms with E-state index in [0.717, 1.165) is 12.8 Å². The number of rotatable bonds is 3. The van der Waals surface area contributed by atoms with Crippen molar-refractivity contribution in [2.45, 2.75) is 84.7 Å². The highest BCUT2D eigenvalue weighted by Crippen LogP contribution is 2.67. The van der Waals surface area contributed by atoms with E-state index >= 15 is 0 Å². The first-order valence-electron chi connectivity index (χ1n) is 11.4. The smallest absolute Gasteiger partial charge is 0.303 e. The van der Waals surface area contributed by atoms with Crippen LogP contribution in [0.1, 0.15) is 75.4 Å². The van der Waals surface area contributed by atoms with E-state index in [4.69, 9.17) is 9.47 Å². The van der Waals surface area contributed by atoms with Gasteiger partial charge in [-0.2, -0.15) is 0 Å². The lowest BCUT2D eigenvalue weighted by molar-refractivity contribution is -0.246. The topological polar surface area (TPSA) is 113 Å². The second-order valence-corrected chi connectivity index (χ2v) is 10.8. The van der Waals surface area contributed by atoms with Crippen molar-refractivity contribution in [1.82, 2.24) is 0 Å². The number of ether oxygens (including phenoxy) is 2. The van der Waals surface area contributed by atoms with Gasteiger partial charge in [-0.1, -0.05) is 27.7 Å². The summed E-state index contributed by atoms with van der Waals surface area (Å²) in [7, 11) is 0. The fraction of sp³-hybridized carbons (Fsp3) is 0.680. The molecule has 3 N–H and O–H groups in total. The van der Waals surface area contributed by atoms with E-state index in [0.29, 0.717) is 36.0 Å². The number of benzene rings is 1. The average molecular weight is 447 g/mol. The van der Waals surface area contributed by atoms with E-state index in [1.807, 2.05) is 13.8 Å². The lowest BCUT2D eigenvalue weighted by Gasteiger charge is -2.65. The zero-order valence-electron chi connectivity index (χ0n) is 19.5. The van der Waals surface area contributed by atoms with Crippen molar-refractivity contribution in [2.24, 2.45) is 22.7 Å². The molecule has 7 heteroatoms. The summed E-state index contributed by atoms with van der Waals surface area (Å²) in [5.74, 6) is 0.115. The van der Waals surface area contributed by atoms with Gasteiger partial charge in [-0.3, -0.25) is 9.59 Å². The molecule has 0 amide bonds. The van der Waals surface area contributed by atoms with Gasteiger partial charge in [0.15, 0.2) is 6.29 Å². The highest BCUT2D eigenvalue weighted by Gasteiger charge is 2.69. The number of aromatic hydroxyl groups is 1. The fourth-order valence-electron chi connectivity index (χ4n) is 7.36. The van der Waals surface area contributed by atoms with Crippen LogP contribution in [-0.2, 0) is 22.6 Å². The van der Waals surface area contributed by atoms with Gasteiger partial charge in [-0.05, 0) is 42.7 Å². The molecule has 7 nitrogen and oxygen atoms in total. The van der Waals surface area contributed by atoms with Crippen LogP contribution in [0.3, 0.4) is 0 Å². The monoisotopic (exact) mass is 446 g/mol. The second-order valence-electron chi connectivity index (χ2n) is 10.8. The standard InChI is InChI=1S/C25H34O7/c1-13-6-7-20-23(3,4)22(31-14(2)28)19(30)10-24(20,5)25(13)9-16-18(29)8-15(11-26)17(12-27)21(16)32-25/h8,12-13,19-20,22,26,29-30H,6-7,9-11H2,1-5H3/t13-,19-,20-,22-,24-,25+/m1/s1. The Morgan fingerprint density at radius 3 is 2.59 bits per heavy atom. The number of esters is 1. The van der Waals surface area contributed by atoms with Gasteiger partial charge in [0.1, 0.15) is 23.2 Å². The Labute approximate surface area is 188 Å². The molecular formula is C25H34O7. The molecule has 2 fully saturated rings. The Kier molecular flexibility index (Phi) is 5.37. The molecule has 1 aromatic rings. The normalized spacial score (nSPS) is 37.3. The number of phenolic OH excluding ortho intramolecular Hbond substituents is 1. The van der Waals surface area contributed by atoms with Crippen molar-refractivity contribution < 1.29 is 34.4 Å². The van der Waals surface area contributed by atoms with Gasteiger partial charge in [-0.25, -0.2) is 0 Å². The predicted octanol–water partition coefficient (Wildman–Crippen LogP) is 3.15. The van der Waals surface area contributed by atoms with Crippen LogP contribution in [0.5, 0.6) is 11.5 Å². The molecule has 0 saturated heterocycles. The van der Waals surface area contributed by atoms with E-state index < -0.39 is 34.6 Å². The van der Waals surface area contributed by atoms with Crippen LogP contribution in [0.2, 0.25) is 0 Å². The third-order valence-electron chi connectivity index (χ3n) is 8.82. The van der Waals surface area contributed by atoms with E-state index in [1.54, 1.807) is 0 Å². The number of phenols is 1. The molecule has 0 bridgehead atoms. The highest BCUT2D eigenvalue weighted by atomic mass is 16.6. The van der Waals surface area contributed by atoms with Crippen molar-refractivity contribution in [3.8, 4) is 11.5 Å². The predicted molar refractivity (Wildman–Crippen MR) is 116 cm³/mol. The molecule has 0 radical (unpaired) electrons. The molecule has 1 spiro atoms. The Hall–Kier alpha value is -2.12. The molecule has 4 rings (SSSR count). The Morgan fingerprint density at radius 1 is 1.31 bits per heavy atom. The van der Waals surface area contributed by atoms with Gasteiger partial charge in [0.2, 0.25) is 0 Å². The summed E-state index contributed by atoms with van der Waals surface area (Å²) < 4.78 is 12.3. The SMILES string of the molecule is CC(=O)O[C@@H]1[C@H](O)C[C@]2(C)[C@H](CC[C@@H](C)[C@@]23Cc2c(O)cc(CO)c(C=O)c2O3)C1(C)C. The zero-order chi connectivity index (χ0) is 23.6. The fourth-order valence-corrected chi connectivity index (χ4v) is 7.36. The summed E-state index contributed by atoms with van der Waals surface area (Å²) in [6.45, 7) is 9.30. The van der Waals surface area contributed by atoms with Crippen LogP contribution in [0, 0.1) is 22.7 Å². The van der Waals surface area contributed by atoms with E-state index in [-0.39, 0.29) is 29.8 Å². The number of aliphatic hydroxyl groups is 2. The maximum absolute atomic E-state index is 11.9. The van der Waals surface area contributed by atoms with Gasteiger partial charge in [0.05, 0.1) is 18.3 Å². The molecule has 1 aliphatic heterocycles. The van der Waals surface area contributed by atoms with Crippen LogP contribution in [-0.4, -0.2) is 45.4 Å². The molecular weight excluding hydrogens is 412 g/mol. The Morgan fingerprint density at radius 2 is 2.00 bits per heavy atom. The van der Waals surface area contributed by atoms with Gasteiger partial charge < -0.3 is 24.8 Å². The van der Waals surface area contributed by atoms with Crippen LogP contribution in [0.15, 0.2) is 6.07 Å². The first-order chi connectivity index (χ1) is 14.9. The van der Waals surface area contributed by atoms with Gasteiger partial charge >= 0.3 is 5.97 Å². The molecule has 0 unspecified atom stereocenters. The van der Waals surface area contributed by atoms with Crippen molar-refractivity contribution >= 4 is 12.3 Å². The van der Waals surface area contributed by atoms with Crippen LogP contribution >= 0.6 is 0 Å². The lowest BCUT2D eigenvalue weighted by atomic mass is 9.43. The number of carbonyl (C=O) groups is 2. The molecule has 3 aliphatic rings. The maximum atomic E-state index is 11.9. The molecule has 2 saturated carbocycles. The molecule has 2 aliphatic carbocycles. The molecule has 0 aromatic heterocycles. The summed E-state index contributed by atoms with van der Waals surface area (Å²) in [4.78, 5) is 23.7. The summed E-state index contributed by atoms with van der Waals surface area (Å²) in [6.07, 6.45) is 1.74. The summed E-state index contributed by atoms with van der Waals surface area (Å²) >= 11 is 0. The highest BCUT2D eigenvalue weighted by molar-refractivity contribution is 5.84. The number of carbonyl (C=O) groups excluding carboxylic acids is 2. The summed E-state index contributed by atoms with van der Waals surface area (Å²) in [5, 5.41) is 31.6. The molecule has 176 valence electrons. The molecule has 32 heavy (non-hydrogen) atoms. The average Bonchev–Trinajstić information content (AvgIpc) is 3.12. The maximum Gasteiger partial charge on any atom is 0.303 e. The zero-order valence-corrected chi connectivity index (χ0v) is 19.5. The Bertz CT molecular complexity index is 954. The van der Waals surface area contributed by atoms with Crippen LogP contribution in [0.25, 0.3) is 0 Å². The number of aldehydes is 1. The minimum atomic E-state index is -0.864. The second kappa shape index (κ2) is 7.45. The van der Waals surface area contributed by atoms with Crippen LogP contribution < -0.4 is 4.74 Å². The van der Waals surface area contributed by atoms with Crippen molar-refractivity contribution in [1.29, 1.82) is 0 Å². The van der Waals surface area contributed by atoms with Crippen LogP contribution in [0.4, 0.5) is 0 Å². The summed E-state index contributed by atoms with van der Waals surface area (Å²) in [5.41, 5.74) is -0.584. The minimum absolute atomic E-state index is 0.0119. The third kappa shape index (κ3) is 2.93. The van der Waals surface area contributed by atoms with Crippen molar-refractivity contribution in [3.05, 3.63) is 22.8 Å². The molecule has 1 aromatic carbocycles. The first-order valence-corrected chi connectivity index (χ1v) is 11.4. The first kappa shape index (κ1) is 23.1. The number of aliphatic hydroxyl groups excluding tert-OH is 2. The van der Waals surface area contributed by atoms with E-state index in [2.05, 4.69) is 13.8 Å². The minimum Gasteiger partial charge on any atom is -0.508 e. The van der Waals surface area contributed by atoms with E-state index in [1.165, 1.54) is 13.0 Å². The van der Waals surface area contributed by atoms with Gasteiger partial charge in [0.25, 0.3) is 0 Å². The number of hydrogen-bond acceptors (Lipinski definition) is 7. The Balaban J connectivity index is 1.84.